The Labute approximate surface area is 101 Å². The highest BCUT2D eigenvalue weighted by Gasteiger charge is 2.43. The van der Waals surface area contributed by atoms with Crippen LogP contribution in [0.25, 0.3) is 0 Å². The molecule has 1 heterocycles. The Hall–Kier alpha value is -1.10. The second-order valence-electron chi connectivity index (χ2n) is 5.10. The van der Waals surface area contributed by atoms with Crippen LogP contribution in [-0.2, 0) is 14.3 Å². The molecule has 0 spiro atoms. The number of rotatable bonds is 2. The van der Waals surface area contributed by atoms with Crippen LogP contribution in [0.1, 0.15) is 32.1 Å². The highest BCUT2D eigenvalue weighted by Crippen LogP contribution is 2.32. The van der Waals surface area contributed by atoms with Crippen molar-refractivity contribution < 1.29 is 14.3 Å². The first-order valence-electron chi connectivity index (χ1n) is 6.23. The average Bonchev–Trinajstić information content (AvgIpc) is 2.34. The van der Waals surface area contributed by atoms with Crippen LogP contribution in [0, 0.1) is 5.92 Å². The zero-order valence-electron chi connectivity index (χ0n) is 10.3. The van der Waals surface area contributed by atoms with Gasteiger partial charge in [0.25, 0.3) is 0 Å². The molecule has 0 atom stereocenters. The fourth-order valence-electron chi connectivity index (χ4n) is 2.57. The van der Waals surface area contributed by atoms with E-state index in [4.69, 9.17) is 10.5 Å². The van der Waals surface area contributed by atoms with Gasteiger partial charge in [0.15, 0.2) is 0 Å². The third-order valence-corrected chi connectivity index (χ3v) is 3.99. The number of carbonyl (C=O) groups excluding carboxylic acids is 2. The van der Waals surface area contributed by atoms with Gasteiger partial charge in [-0.25, -0.2) is 0 Å². The molecule has 2 N–H and O–H groups in total. The molecule has 1 aliphatic carbocycles. The van der Waals surface area contributed by atoms with E-state index >= 15 is 0 Å². The minimum Gasteiger partial charge on any atom is -0.469 e. The van der Waals surface area contributed by atoms with Crippen molar-refractivity contribution in [3.63, 3.8) is 0 Å². The Morgan fingerprint density at radius 1 is 1.29 bits per heavy atom. The number of nitrogens with two attached hydrogens (primary N) is 1. The Balaban J connectivity index is 1.86. The minimum absolute atomic E-state index is 0.0563. The van der Waals surface area contributed by atoms with E-state index < -0.39 is 5.54 Å². The van der Waals surface area contributed by atoms with E-state index in [2.05, 4.69) is 0 Å². The van der Waals surface area contributed by atoms with Crippen LogP contribution in [0.2, 0.25) is 0 Å². The van der Waals surface area contributed by atoms with Crippen LogP contribution < -0.4 is 5.73 Å². The van der Waals surface area contributed by atoms with Gasteiger partial charge >= 0.3 is 5.97 Å². The van der Waals surface area contributed by atoms with Gasteiger partial charge in [-0.05, 0) is 32.1 Å². The van der Waals surface area contributed by atoms with Gasteiger partial charge in [-0.2, -0.15) is 0 Å². The molecule has 0 bridgehead atoms. The number of amides is 1. The molecular formula is C12H20N2O3. The molecule has 1 amide bonds. The van der Waals surface area contributed by atoms with Crippen molar-refractivity contribution >= 4 is 11.9 Å². The normalized spacial score (nSPS) is 24.0. The first-order chi connectivity index (χ1) is 8.07. The summed E-state index contributed by atoms with van der Waals surface area (Å²) in [5.41, 5.74) is 5.40. The molecule has 5 nitrogen and oxygen atoms in total. The lowest BCUT2D eigenvalue weighted by molar-refractivity contribution is -0.150. The van der Waals surface area contributed by atoms with Crippen LogP contribution in [0.5, 0.6) is 0 Å². The molecule has 5 heteroatoms. The van der Waals surface area contributed by atoms with Gasteiger partial charge in [0, 0.05) is 13.1 Å². The number of piperidine rings is 1. The molecule has 0 radical (unpaired) electrons. The van der Waals surface area contributed by atoms with Crippen molar-refractivity contribution in [2.24, 2.45) is 11.7 Å². The third kappa shape index (κ3) is 2.29. The maximum Gasteiger partial charge on any atom is 0.308 e. The molecule has 17 heavy (non-hydrogen) atoms. The molecule has 2 aliphatic rings. The van der Waals surface area contributed by atoms with Gasteiger partial charge in [0.2, 0.25) is 5.91 Å². The quantitative estimate of drug-likeness (QED) is 0.704. The summed E-state index contributed by atoms with van der Waals surface area (Å²) in [5.74, 6) is -0.158. The fraction of sp³-hybridized carbons (Fsp3) is 0.833. The number of esters is 1. The summed E-state index contributed by atoms with van der Waals surface area (Å²) in [4.78, 5) is 25.3. The second kappa shape index (κ2) is 4.64. The van der Waals surface area contributed by atoms with Crippen molar-refractivity contribution in [2.45, 2.75) is 37.6 Å². The molecule has 0 aromatic heterocycles. The summed E-state index contributed by atoms with van der Waals surface area (Å²) < 4.78 is 4.72. The van der Waals surface area contributed by atoms with Gasteiger partial charge in [0.1, 0.15) is 0 Å². The lowest BCUT2D eigenvalue weighted by Gasteiger charge is -2.42. The van der Waals surface area contributed by atoms with Crippen LogP contribution in [-0.4, -0.2) is 42.5 Å². The van der Waals surface area contributed by atoms with Gasteiger partial charge in [-0.1, -0.05) is 0 Å². The van der Waals surface area contributed by atoms with E-state index in [1.807, 2.05) is 0 Å². The molecule has 1 saturated heterocycles. The third-order valence-electron chi connectivity index (χ3n) is 3.99. The van der Waals surface area contributed by atoms with Gasteiger partial charge in [-0.15, -0.1) is 0 Å². The molecule has 2 rings (SSSR count). The van der Waals surface area contributed by atoms with Crippen LogP contribution in [0.4, 0.5) is 0 Å². The van der Waals surface area contributed by atoms with E-state index in [-0.39, 0.29) is 17.8 Å². The number of carbonyl (C=O) groups is 2. The summed E-state index contributed by atoms with van der Waals surface area (Å²) in [6.45, 7) is 1.25. The summed E-state index contributed by atoms with van der Waals surface area (Å²) in [6.07, 6.45) is 4.01. The largest absolute Gasteiger partial charge is 0.469 e. The first kappa shape index (κ1) is 12.4. The maximum absolute atomic E-state index is 12.1. The standard InChI is InChI=1S/C12H20N2O3/c1-17-10(15)9-3-7-14(8-4-9)11(16)12(13)5-2-6-12/h9H,2-8,13H2,1H3. The Bertz CT molecular complexity index is 318. The highest BCUT2D eigenvalue weighted by atomic mass is 16.5. The smallest absolute Gasteiger partial charge is 0.308 e. The van der Waals surface area contributed by atoms with Crippen molar-refractivity contribution in [1.29, 1.82) is 0 Å². The number of ether oxygens (including phenoxy) is 1. The molecule has 0 aromatic carbocycles. The maximum atomic E-state index is 12.1. The van der Waals surface area contributed by atoms with E-state index in [1.165, 1.54) is 7.11 Å². The summed E-state index contributed by atoms with van der Waals surface area (Å²) in [7, 11) is 1.41. The Morgan fingerprint density at radius 3 is 2.29 bits per heavy atom. The van der Waals surface area contributed by atoms with Gasteiger partial charge in [0.05, 0.1) is 18.6 Å². The van der Waals surface area contributed by atoms with Crippen molar-refractivity contribution in [1.82, 2.24) is 4.90 Å². The summed E-state index contributed by atoms with van der Waals surface area (Å²) >= 11 is 0. The van der Waals surface area contributed by atoms with E-state index in [9.17, 15) is 9.59 Å². The zero-order chi connectivity index (χ0) is 12.5. The second-order valence-corrected chi connectivity index (χ2v) is 5.10. The number of methoxy groups -OCH3 is 1. The predicted molar refractivity (Wildman–Crippen MR) is 62.1 cm³/mol. The number of nitrogens with zero attached hydrogens (tertiary/aromatic N) is 1. The molecule has 96 valence electrons. The minimum atomic E-state index is -0.613. The fourth-order valence-corrected chi connectivity index (χ4v) is 2.57. The van der Waals surface area contributed by atoms with Crippen LogP contribution in [0.15, 0.2) is 0 Å². The number of hydrogen-bond donors (Lipinski definition) is 1. The molecule has 0 aromatic rings. The topological polar surface area (TPSA) is 72.6 Å². The SMILES string of the molecule is COC(=O)C1CCN(C(=O)C2(N)CCC2)CC1. The molecule has 1 saturated carbocycles. The molecule has 2 fully saturated rings. The lowest BCUT2D eigenvalue weighted by Crippen LogP contribution is -2.60. The monoisotopic (exact) mass is 240 g/mol. The van der Waals surface area contributed by atoms with Crippen molar-refractivity contribution in [2.75, 3.05) is 20.2 Å². The van der Waals surface area contributed by atoms with Crippen molar-refractivity contribution in [3.05, 3.63) is 0 Å². The van der Waals surface area contributed by atoms with E-state index in [0.29, 0.717) is 25.9 Å². The zero-order valence-corrected chi connectivity index (χ0v) is 10.3. The average molecular weight is 240 g/mol. The van der Waals surface area contributed by atoms with Crippen LogP contribution in [0.3, 0.4) is 0 Å². The molecule has 0 unspecified atom stereocenters. The lowest BCUT2D eigenvalue weighted by atomic mass is 9.76. The first-order valence-corrected chi connectivity index (χ1v) is 6.23. The predicted octanol–water partition coefficient (Wildman–Crippen LogP) is 0.279. The Morgan fingerprint density at radius 2 is 1.88 bits per heavy atom. The van der Waals surface area contributed by atoms with E-state index in [0.717, 1.165) is 19.3 Å². The Kier molecular flexibility index (Phi) is 3.38. The highest BCUT2D eigenvalue weighted by molar-refractivity contribution is 5.87. The van der Waals surface area contributed by atoms with Crippen molar-refractivity contribution in [3.8, 4) is 0 Å². The van der Waals surface area contributed by atoms with E-state index in [1.54, 1.807) is 4.90 Å². The number of hydrogen-bond acceptors (Lipinski definition) is 4. The summed E-state index contributed by atoms with van der Waals surface area (Å²) in [5, 5.41) is 0. The van der Waals surface area contributed by atoms with Gasteiger partial charge < -0.3 is 15.4 Å². The molecular weight excluding hydrogens is 220 g/mol. The number of likely N-dealkylation sites (tertiary alicyclic amines) is 1. The summed E-state index contributed by atoms with van der Waals surface area (Å²) in [6, 6.07) is 0. The molecule has 1 aliphatic heterocycles. The van der Waals surface area contributed by atoms with Gasteiger partial charge in [-0.3, -0.25) is 9.59 Å². The van der Waals surface area contributed by atoms with Crippen LogP contribution >= 0.6 is 0 Å².